The van der Waals surface area contributed by atoms with Crippen molar-refractivity contribution in [1.29, 1.82) is 0 Å². The number of fused-ring (bicyclic) bond motifs is 8. The van der Waals surface area contributed by atoms with Gasteiger partial charge in [-0.2, -0.15) is 0 Å². The monoisotopic (exact) mass is 1790 g/mol. The van der Waals surface area contributed by atoms with Gasteiger partial charge in [-0.1, -0.05) is 76.2 Å². The fourth-order valence-electron chi connectivity index (χ4n) is 30.5. The van der Waals surface area contributed by atoms with E-state index in [9.17, 15) is 39.6 Å². The maximum absolute atomic E-state index is 14.4. The first-order valence-electron chi connectivity index (χ1n) is 48.9. The van der Waals surface area contributed by atoms with Crippen molar-refractivity contribution in [2.24, 2.45) is 92.7 Å². The molecule has 12 unspecified atom stereocenters. The van der Waals surface area contributed by atoms with E-state index < -0.39 is 47.5 Å². The lowest BCUT2D eigenvalue weighted by Crippen LogP contribution is -2.53. The highest BCUT2D eigenvalue weighted by atomic mass is 16.6. The minimum absolute atomic E-state index is 0.0617. The first-order chi connectivity index (χ1) is 63.8. The van der Waals surface area contributed by atoms with Gasteiger partial charge in [0.1, 0.15) is 72.4 Å². The maximum Gasteiger partial charge on any atom is 0.338 e. The Balaban J connectivity index is 0.669. The molecule has 25 rings (SSSR count). The van der Waals surface area contributed by atoms with Crippen LogP contribution in [0.4, 0.5) is 0 Å². The largest absolute Gasteiger partial charge is 0.507 e. The minimum Gasteiger partial charge on any atom is -0.507 e. The zero-order valence-corrected chi connectivity index (χ0v) is 77.5. The Bertz CT molecular complexity index is 4930. The van der Waals surface area contributed by atoms with E-state index in [1.54, 1.807) is 97.1 Å². The Kier molecular flexibility index (Phi) is 23.7. The van der Waals surface area contributed by atoms with E-state index in [1.165, 1.54) is 181 Å². The van der Waals surface area contributed by atoms with E-state index in [0.717, 1.165) is 23.7 Å². The number of esters is 4. The van der Waals surface area contributed by atoms with Crippen LogP contribution in [0.2, 0.25) is 0 Å². The molecular weight excluding hydrogens is 1670 g/mol. The highest BCUT2D eigenvalue weighted by molar-refractivity contribution is 5.91. The fourth-order valence-corrected chi connectivity index (χ4v) is 30.5. The van der Waals surface area contributed by atoms with E-state index in [1.807, 2.05) is 24.3 Å². The predicted octanol–water partition coefficient (Wildman–Crippen LogP) is 21.1. The zero-order valence-electron chi connectivity index (χ0n) is 77.5. The maximum atomic E-state index is 14.4. The highest BCUT2D eigenvalue weighted by Crippen LogP contribution is 2.66. The molecule has 17 aliphatic rings. The molecule has 696 valence electrons. The molecule has 0 radical (unpaired) electrons. The molecule has 0 spiro atoms. The summed E-state index contributed by atoms with van der Waals surface area (Å²) in [5.41, 5.74) is 7.70. The van der Waals surface area contributed by atoms with Gasteiger partial charge in [0.15, 0.2) is 0 Å². The number of hydrogen-bond acceptors (Lipinski definition) is 20. The number of carbonyl (C=O) groups excluding carboxylic acids is 4. The average molecular weight is 1790 g/mol. The van der Waals surface area contributed by atoms with E-state index in [0.29, 0.717) is 136 Å². The molecular formula is C112H128O20. The molecule has 4 N–H and O–H groups in total. The summed E-state index contributed by atoms with van der Waals surface area (Å²) in [6.07, 6.45) is 24.6. The number of phenols is 4. The molecule has 0 heterocycles. The van der Waals surface area contributed by atoms with Crippen molar-refractivity contribution in [1.82, 2.24) is 0 Å². The zero-order chi connectivity index (χ0) is 91.0. The Morgan fingerprint density at radius 1 is 0.258 bits per heavy atom. The second-order valence-electron chi connectivity index (χ2n) is 43.8. The van der Waals surface area contributed by atoms with Crippen molar-refractivity contribution in [3.8, 4) is 46.0 Å². The topological polar surface area (TPSA) is 260 Å². The van der Waals surface area contributed by atoms with Crippen molar-refractivity contribution in [3.63, 3.8) is 0 Å². The van der Waals surface area contributed by atoms with Crippen molar-refractivity contribution >= 4 is 23.9 Å². The Labute approximate surface area is 774 Å². The molecule has 17 aliphatic carbocycles. The lowest BCUT2D eigenvalue weighted by atomic mass is 9.49. The number of carbonyl (C=O) groups is 4. The number of aromatic hydroxyl groups is 4. The molecule has 8 aromatic rings. The van der Waals surface area contributed by atoms with Crippen LogP contribution >= 0.6 is 0 Å². The van der Waals surface area contributed by atoms with Crippen LogP contribution < -0.4 is 18.9 Å². The molecule has 20 nitrogen and oxygen atoms in total. The van der Waals surface area contributed by atoms with E-state index >= 15 is 0 Å². The van der Waals surface area contributed by atoms with Crippen molar-refractivity contribution in [3.05, 3.63) is 235 Å². The molecule has 0 saturated heterocycles. The predicted molar refractivity (Wildman–Crippen MR) is 495 cm³/mol. The Morgan fingerprint density at radius 2 is 0.439 bits per heavy atom. The normalized spacial score (nSPS) is 33.0. The third-order valence-corrected chi connectivity index (χ3v) is 34.4. The lowest BCUT2D eigenvalue weighted by Gasteiger charge is -2.58. The summed E-state index contributed by atoms with van der Waals surface area (Å²) >= 11 is 0. The quantitative estimate of drug-likeness (QED) is 0.0202. The number of benzene rings is 8. The molecule has 132 heavy (non-hydrogen) atoms. The molecule has 0 aromatic heterocycles. The molecule has 24 bridgehead atoms. The molecule has 16 fully saturated rings. The van der Waals surface area contributed by atoms with Crippen LogP contribution in [-0.2, 0) is 37.9 Å². The summed E-state index contributed by atoms with van der Waals surface area (Å²) in [7, 11) is 5.99. The van der Waals surface area contributed by atoms with Crippen molar-refractivity contribution < 1.29 is 96.4 Å². The van der Waals surface area contributed by atoms with Crippen molar-refractivity contribution in [2.45, 2.75) is 204 Å². The van der Waals surface area contributed by atoms with Crippen LogP contribution in [0, 0.1) is 92.7 Å². The van der Waals surface area contributed by atoms with E-state index in [2.05, 4.69) is 27.7 Å². The van der Waals surface area contributed by atoms with Crippen LogP contribution in [0.3, 0.4) is 0 Å². The summed E-state index contributed by atoms with van der Waals surface area (Å²) in [4.78, 5) is 57.6. The summed E-state index contributed by atoms with van der Waals surface area (Å²) in [6, 6.07) is 41.4. The van der Waals surface area contributed by atoms with Gasteiger partial charge in [-0.15, -0.1) is 0 Å². The van der Waals surface area contributed by atoms with Crippen LogP contribution in [0.5, 0.6) is 46.0 Å². The SMILES string of the molecule is COc1cc(O)c2cc1C(c1ccc(C(=O)OCCOC3C4CC5CC3CC(C)(C5)C4)cc1)c1cc(c(OC)cc1O)C(c1ccc(C(=O)OCCOC3C4CC5CC3CC(C)(C5)C4)cc1)c1cc(c(OC)cc1O)C(c1ccc(C(=O)OCCOC3C4CC5CC3CC(C)(C5)C4)cc1)c1cc(c(OC)cc1O)C2c1ccc(C(=O)OCCOC2C3CC4CC2CC(C)(C4)C3)cc1. The second kappa shape index (κ2) is 35.3. The molecule has 20 heteroatoms. The van der Waals surface area contributed by atoms with Gasteiger partial charge in [-0.25, -0.2) is 19.2 Å². The Hall–Kier alpha value is -10.1. The van der Waals surface area contributed by atoms with Gasteiger partial charge in [-0.3, -0.25) is 0 Å². The average Bonchev–Trinajstić information content (AvgIpc) is 0.812. The van der Waals surface area contributed by atoms with Crippen LogP contribution in [0.15, 0.2) is 146 Å². The smallest absolute Gasteiger partial charge is 0.338 e. The van der Waals surface area contributed by atoms with Crippen LogP contribution in [-0.4, -0.2) is 150 Å². The first-order valence-corrected chi connectivity index (χ1v) is 48.9. The second-order valence-corrected chi connectivity index (χ2v) is 43.8. The summed E-state index contributed by atoms with van der Waals surface area (Å²) in [5, 5.41) is 53.0. The molecule has 16 saturated carbocycles. The highest BCUT2D eigenvalue weighted by Gasteiger charge is 2.58. The number of hydrogen-bond donors (Lipinski definition) is 4. The molecule has 8 aromatic carbocycles. The summed E-state index contributed by atoms with van der Waals surface area (Å²) in [6.45, 7) is 11.1. The van der Waals surface area contributed by atoms with E-state index in [4.69, 9.17) is 56.8 Å². The number of phenolic OH excluding ortho intramolecular Hbond substituents is 4. The minimum atomic E-state index is -1.05. The van der Waals surface area contributed by atoms with Gasteiger partial charge in [0.25, 0.3) is 0 Å². The lowest BCUT2D eigenvalue weighted by molar-refractivity contribution is -0.156. The molecule has 12 atom stereocenters. The number of rotatable bonds is 28. The first kappa shape index (κ1) is 88.5. The Morgan fingerprint density at radius 3 is 0.606 bits per heavy atom. The molecule has 0 amide bonds. The molecule has 0 aliphatic heterocycles. The number of ether oxygens (including phenoxy) is 12. The van der Waals surface area contributed by atoms with Gasteiger partial charge >= 0.3 is 23.9 Å². The standard InChI is InChI=1S/C112H128O20/c1-109-49-61-33-73(53-109)101(74(34-61)54-109)125-25-29-129-105(117)69-17-9-65(10-18-69)97-81-41-86(94(122-6)45-89(81)113)99(67-13-21-71(22-14-67)107(119)131-31-27-127-103-77-37-63-38-78(103)58-111(3,51-63)57-77)83-43-88(96(124-8)47-91(83)115)100(68-15-23-72(24-16-68)108(120)132-32-28-128-104-79-39-64-40-80(104)60-112(4,52-64)59-79)84-44-87(95(123-7)48-92(84)116)98(82-42-85(97)93(121-5)46-90(82)114)66-11-19-70(20-12-66)106(118)130-30-26-126-102-75-35-62-36-76(102)56-110(2,50-62)55-75/h9-24,41-48,61-64,73-80,97-104,113-116H,25-40,49-60H2,1-8H3. The van der Waals surface area contributed by atoms with Gasteiger partial charge in [0.2, 0.25) is 0 Å². The van der Waals surface area contributed by atoms with Gasteiger partial charge in [0, 0.05) is 92.4 Å². The fraction of sp³-hybridized carbons (Fsp3) is 0.536. The summed E-state index contributed by atoms with van der Waals surface area (Å²) in [5.74, 6) is 0.621. The van der Waals surface area contributed by atoms with Crippen LogP contribution in [0.25, 0.3) is 0 Å². The van der Waals surface area contributed by atoms with E-state index in [-0.39, 0.29) is 146 Å². The third kappa shape index (κ3) is 16.8. The van der Waals surface area contributed by atoms with Gasteiger partial charge in [-0.05, 0) is 316 Å². The van der Waals surface area contributed by atoms with Gasteiger partial charge < -0.3 is 77.3 Å². The van der Waals surface area contributed by atoms with Gasteiger partial charge in [0.05, 0.1) is 102 Å². The third-order valence-electron chi connectivity index (χ3n) is 34.4. The number of methoxy groups -OCH3 is 4. The van der Waals surface area contributed by atoms with Crippen molar-refractivity contribution in [2.75, 3.05) is 81.3 Å². The van der Waals surface area contributed by atoms with Crippen LogP contribution in [0.1, 0.15) is 288 Å². The summed E-state index contributed by atoms with van der Waals surface area (Å²) < 4.78 is 76.3.